The molecule has 0 aliphatic rings. The maximum Gasteiger partial charge on any atom is 0.180 e. The van der Waals surface area contributed by atoms with Crippen LogP contribution >= 0.6 is 0 Å². The lowest BCUT2D eigenvalue weighted by atomic mass is 10.1. The van der Waals surface area contributed by atoms with Crippen molar-refractivity contribution in [2.45, 2.75) is 13.0 Å². The van der Waals surface area contributed by atoms with E-state index in [1.165, 1.54) is 0 Å². The van der Waals surface area contributed by atoms with Gasteiger partial charge in [0.2, 0.25) is 0 Å². The van der Waals surface area contributed by atoms with Crippen LogP contribution in [0, 0.1) is 0 Å². The number of hydrogen-bond donors (Lipinski definition) is 1. The molecule has 1 N–H and O–H groups in total. The second-order valence-electron chi connectivity index (χ2n) is 5.47. The van der Waals surface area contributed by atoms with Crippen LogP contribution in [0.25, 0.3) is 16.9 Å². The van der Waals surface area contributed by atoms with E-state index in [0.717, 1.165) is 22.6 Å². The van der Waals surface area contributed by atoms with Crippen LogP contribution in [0.4, 0.5) is 5.82 Å². The number of aromatic nitrogens is 5. The number of anilines is 1. The molecule has 4 rings (SSSR count). The SMILES string of the molecule is CC(Nc1ccc2nccnc2n1)c1ccccc1-n1cccn1. The van der Waals surface area contributed by atoms with Gasteiger partial charge in [0.25, 0.3) is 0 Å². The molecule has 0 saturated heterocycles. The van der Waals surface area contributed by atoms with E-state index in [2.05, 4.69) is 44.4 Å². The Morgan fingerprint density at radius 2 is 1.83 bits per heavy atom. The minimum Gasteiger partial charge on any atom is -0.363 e. The molecule has 24 heavy (non-hydrogen) atoms. The van der Waals surface area contributed by atoms with Crippen LogP contribution in [0.5, 0.6) is 0 Å². The first kappa shape index (κ1) is 14.3. The van der Waals surface area contributed by atoms with Gasteiger partial charge in [0, 0.05) is 24.8 Å². The third kappa shape index (κ3) is 2.69. The number of para-hydroxylation sites is 1. The Morgan fingerprint density at radius 3 is 2.71 bits per heavy atom. The Balaban J connectivity index is 1.65. The molecule has 0 spiro atoms. The highest BCUT2D eigenvalue weighted by Crippen LogP contribution is 2.24. The average Bonchev–Trinajstić information content (AvgIpc) is 3.16. The predicted molar refractivity (Wildman–Crippen MR) is 92.9 cm³/mol. The van der Waals surface area contributed by atoms with Gasteiger partial charge in [-0.15, -0.1) is 0 Å². The normalized spacial score (nSPS) is 12.2. The van der Waals surface area contributed by atoms with Crippen LogP contribution in [-0.4, -0.2) is 24.7 Å². The zero-order valence-electron chi connectivity index (χ0n) is 13.2. The first-order valence-electron chi connectivity index (χ1n) is 7.74. The topological polar surface area (TPSA) is 68.5 Å². The second-order valence-corrected chi connectivity index (χ2v) is 5.47. The van der Waals surface area contributed by atoms with E-state index >= 15 is 0 Å². The number of nitrogens with zero attached hydrogens (tertiary/aromatic N) is 5. The summed E-state index contributed by atoms with van der Waals surface area (Å²) in [6, 6.07) is 14.0. The summed E-state index contributed by atoms with van der Waals surface area (Å²) in [4.78, 5) is 13.0. The van der Waals surface area contributed by atoms with Crippen LogP contribution in [-0.2, 0) is 0 Å². The van der Waals surface area contributed by atoms with Gasteiger partial charge in [-0.3, -0.25) is 4.98 Å². The van der Waals surface area contributed by atoms with Crippen LogP contribution in [0.2, 0.25) is 0 Å². The third-order valence-electron chi connectivity index (χ3n) is 3.85. The Labute approximate surface area is 139 Å². The maximum atomic E-state index is 4.53. The molecule has 0 amide bonds. The summed E-state index contributed by atoms with van der Waals surface area (Å²) in [5.41, 5.74) is 3.60. The van der Waals surface area contributed by atoms with Crippen LogP contribution in [0.3, 0.4) is 0 Å². The fourth-order valence-electron chi connectivity index (χ4n) is 2.71. The number of fused-ring (bicyclic) bond motifs is 1. The summed E-state index contributed by atoms with van der Waals surface area (Å²) >= 11 is 0. The number of benzene rings is 1. The molecule has 1 unspecified atom stereocenters. The first-order valence-corrected chi connectivity index (χ1v) is 7.74. The van der Waals surface area contributed by atoms with Crippen LogP contribution in [0.1, 0.15) is 18.5 Å². The van der Waals surface area contributed by atoms with Crippen molar-refractivity contribution in [2.75, 3.05) is 5.32 Å². The van der Waals surface area contributed by atoms with Crippen LogP contribution in [0.15, 0.2) is 67.3 Å². The summed E-state index contributed by atoms with van der Waals surface area (Å²) < 4.78 is 1.87. The van der Waals surface area contributed by atoms with Gasteiger partial charge in [-0.25, -0.2) is 14.6 Å². The number of hydrogen-bond acceptors (Lipinski definition) is 5. The quantitative estimate of drug-likeness (QED) is 0.625. The van der Waals surface area contributed by atoms with Gasteiger partial charge in [0.05, 0.1) is 11.7 Å². The van der Waals surface area contributed by atoms with E-state index in [1.807, 2.05) is 41.2 Å². The Hall–Kier alpha value is -3.28. The van der Waals surface area contributed by atoms with E-state index in [0.29, 0.717) is 5.65 Å². The largest absolute Gasteiger partial charge is 0.363 e. The standard InChI is InChI=1S/C18H16N6/c1-13(14-5-2-3-6-16(14)24-12-4-9-21-24)22-17-8-7-15-18(23-17)20-11-10-19-15/h2-13H,1H3,(H,20,22,23). The summed E-state index contributed by atoms with van der Waals surface area (Å²) in [5, 5.41) is 7.77. The predicted octanol–water partition coefficient (Wildman–Crippen LogP) is 3.38. The monoisotopic (exact) mass is 316 g/mol. The lowest BCUT2D eigenvalue weighted by molar-refractivity contribution is 0.815. The van der Waals surface area contributed by atoms with Crippen molar-refractivity contribution in [1.29, 1.82) is 0 Å². The summed E-state index contributed by atoms with van der Waals surface area (Å²) in [5.74, 6) is 0.769. The van der Waals surface area contributed by atoms with Crippen molar-refractivity contribution in [3.05, 3.63) is 72.8 Å². The molecule has 0 aliphatic heterocycles. The third-order valence-corrected chi connectivity index (χ3v) is 3.85. The molecule has 3 aromatic heterocycles. The molecule has 0 bridgehead atoms. The molecule has 118 valence electrons. The van der Waals surface area contributed by atoms with E-state index in [1.54, 1.807) is 18.6 Å². The van der Waals surface area contributed by atoms with E-state index < -0.39 is 0 Å². The van der Waals surface area contributed by atoms with Gasteiger partial charge in [-0.1, -0.05) is 18.2 Å². The van der Waals surface area contributed by atoms with Gasteiger partial charge in [0.15, 0.2) is 5.65 Å². The molecule has 0 fully saturated rings. The minimum atomic E-state index is 0.0621. The van der Waals surface area contributed by atoms with Gasteiger partial charge >= 0.3 is 0 Å². The first-order chi connectivity index (χ1) is 11.8. The smallest absolute Gasteiger partial charge is 0.180 e. The van der Waals surface area contributed by atoms with Crippen molar-refractivity contribution in [3.63, 3.8) is 0 Å². The fourth-order valence-corrected chi connectivity index (χ4v) is 2.71. The molecular weight excluding hydrogens is 300 g/mol. The van der Waals surface area contributed by atoms with E-state index in [-0.39, 0.29) is 6.04 Å². The zero-order valence-corrected chi connectivity index (χ0v) is 13.2. The fraction of sp³-hybridized carbons (Fsp3) is 0.111. The lowest BCUT2D eigenvalue weighted by Gasteiger charge is -2.18. The highest BCUT2D eigenvalue weighted by atomic mass is 15.3. The maximum absolute atomic E-state index is 4.53. The van der Waals surface area contributed by atoms with Crippen molar-refractivity contribution in [3.8, 4) is 5.69 Å². The summed E-state index contributed by atoms with van der Waals surface area (Å²) in [6.07, 6.45) is 7.03. The number of rotatable bonds is 4. The molecule has 1 atom stereocenters. The van der Waals surface area contributed by atoms with Gasteiger partial charge in [-0.05, 0) is 36.8 Å². The number of nitrogens with one attached hydrogen (secondary N) is 1. The Kier molecular flexibility index (Phi) is 3.63. The van der Waals surface area contributed by atoms with E-state index in [4.69, 9.17) is 0 Å². The highest BCUT2D eigenvalue weighted by molar-refractivity contribution is 5.71. The molecule has 0 aliphatic carbocycles. The summed E-state index contributed by atoms with van der Waals surface area (Å²) in [7, 11) is 0. The second kappa shape index (κ2) is 6.08. The molecule has 0 radical (unpaired) electrons. The van der Waals surface area contributed by atoms with Gasteiger partial charge < -0.3 is 5.32 Å². The molecule has 0 saturated carbocycles. The van der Waals surface area contributed by atoms with Crippen molar-refractivity contribution in [1.82, 2.24) is 24.7 Å². The van der Waals surface area contributed by atoms with Crippen molar-refractivity contribution >= 4 is 17.0 Å². The highest BCUT2D eigenvalue weighted by Gasteiger charge is 2.12. The van der Waals surface area contributed by atoms with Crippen molar-refractivity contribution < 1.29 is 0 Å². The van der Waals surface area contributed by atoms with E-state index in [9.17, 15) is 0 Å². The summed E-state index contributed by atoms with van der Waals surface area (Å²) in [6.45, 7) is 2.10. The number of pyridine rings is 1. The molecule has 3 heterocycles. The Bertz CT molecular complexity index is 964. The van der Waals surface area contributed by atoms with Crippen molar-refractivity contribution in [2.24, 2.45) is 0 Å². The van der Waals surface area contributed by atoms with Gasteiger partial charge in [-0.2, -0.15) is 5.10 Å². The van der Waals surface area contributed by atoms with Crippen LogP contribution < -0.4 is 5.32 Å². The molecule has 4 aromatic rings. The molecule has 6 nitrogen and oxygen atoms in total. The molecular formula is C18H16N6. The Morgan fingerprint density at radius 1 is 0.958 bits per heavy atom. The van der Waals surface area contributed by atoms with Gasteiger partial charge in [0.1, 0.15) is 11.3 Å². The lowest BCUT2D eigenvalue weighted by Crippen LogP contribution is -2.11. The molecule has 6 heteroatoms. The molecule has 1 aromatic carbocycles. The zero-order chi connectivity index (χ0) is 16.4. The average molecular weight is 316 g/mol. The minimum absolute atomic E-state index is 0.0621.